The van der Waals surface area contributed by atoms with Crippen molar-refractivity contribution in [1.29, 1.82) is 0 Å². The molecule has 2 heteroatoms. The van der Waals surface area contributed by atoms with E-state index in [-0.39, 0.29) is 0 Å². The maximum atomic E-state index is 5.69. The molecule has 0 aliphatic heterocycles. The van der Waals surface area contributed by atoms with E-state index in [2.05, 4.69) is 45.0 Å². The van der Waals surface area contributed by atoms with E-state index in [1.165, 1.54) is 24.0 Å². The Balaban J connectivity index is 2.98. The molecule has 90 valence electrons. The van der Waals surface area contributed by atoms with Gasteiger partial charge in [-0.3, -0.25) is 0 Å². The topological polar surface area (TPSA) is 9.23 Å². The Hall–Kier alpha value is -0.603. The molecule has 0 aliphatic carbocycles. The zero-order valence-electron chi connectivity index (χ0n) is 11.0. The molecule has 2 atom stereocenters. The first-order valence-electron chi connectivity index (χ1n) is 6.36. The summed E-state index contributed by atoms with van der Waals surface area (Å²) in [6, 6.07) is 8.76. The van der Waals surface area contributed by atoms with Crippen molar-refractivity contribution in [3.05, 3.63) is 35.4 Å². The summed E-state index contributed by atoms with van der Waals surface area (Å²) in [6.07, 6.45) is 3.88. The highest BCUT2D eigenvalue weighted by Gasteiger charge is 2.15. The van der Waals surface area contributed by atoms with Gasteiger partial charge in [-0.15, -0.1) is 0 Å². The molecule has 0 spiro atoms. The van der Waals surface area contributed by atoms with Crippen LogP contribution in [0.4, 0.5) is 0 Å². The molecule has 16 heavy (non-hydrogen) atoms. The monoisotopic (exact) mass is 236 g/mol. The van der Waals surface area contributed by atoms with Gasteiger partial charge in [-0.05, 0) is 29.9 Å². The van der Waals surface area contributed by atoms with Crippen molar-refractivity contribution in [2.24, 2.45) is 0 Å². The van der Waals surface area contributed by atoms with Crippen LogP contribution in [0.2, 0.25) is 0 Å². The summed E-state index contributed by atoms with van der Waals surface area (Å²) in [6.45, 7) is 6.77. The average Bonchev–Trinajstić information content (AvgIpc) is 2.31. The number of rotatable bonds is 6. The fraction of sp³-hybridized carbons (Fsp3) is 0.571. The minimum absolute atomic E-state index is 0.308. The van der Waals surface area contributed by atoms with Gasteiger partial charge in [-0.1, -0.05) is 51.5 Å². The van der Waals surface area contributed by atoms with E-state index in [1.54, 1.807) is 0 Å². The largest absolute Gasteiger partial charge is 0.421 e. The maximum absolute atomic E-state index is 5.69. The molecule has 0 aliphatic rings. The van der Waals surface area contributed by atoms with E-state index in [1.807, 2.05) is 0 Å². The van der Waals surface area contributed by atoms with E-state index < -0.39 is 0 Å². The Labute approximate surface area is 103 Å². The smallest absolute Gasteiger partial charge is 0.146 e. The predicted molar refractivity (Wildman–Crippen MR) is 73.8 cm³/mol. The lowest BCUT2D eigenvalue weighted by atomic mass is 9.89. The molecule has 0 N–H and O–H groups in total. The summed E-state index contributed by atoms with van der Waals surface area (Å²) in [5, 5.41) is 0. The SMILES string of the molecule is CCCC(C)c1ccccc1C(CC)O[SiH3]. The number of benzene rings is 1. The van der Waals surface area contributed by atoms with Crippen molar-refractivity contribution in [3.8, 4) is 0 Å². The lowest BCUT2D eigenvalue weighted by Crippen LogP contribution is -2.06. The first-order valence-corrected chi connectivity index (χ1v) is 7.17. The van der Waals surface area contributed by atoms with E-state index in [4.69, 9.17) is 4.43 Å². The standard InChI is InChI=1S/C14H24OSi/c1-4-8-11(3)12-9-6-7-10-13(12)14(5-2)15-16/h6-7,9-11,14H,4-5,8H2,1-3,16H3. The minimum Gasteiger partial charge on any atom is -0.421 e. The zero-order chi connectivity index (χ0) is 12.0. The van der Waals surface area contributed by atoms with Gasteiger partial charge in [0.25, 0.3) is 0 Å². The second kappa shape index (κ2) is 6.87. The van der Waals surface area contributed by atoms with Gasteiger partial charge in [-0.25, -0.2) is 0 Å². The Morgan fingerprint density at radius 2 is 1.81 bits per heavy atom. The molecule has 1 nitrogen and oxygen atoms in total. The van der Waals surface area contributed by atoms with Crippen LogP contribution >= 0.6 is 0 Å². The third kappa shape index (κ3) is 3.19. The summed E-state index contributed by atoms with van der Waals surface area (Å²) < 4.78 is 5.69. The van der Waals surface area contributed by atoms with Crippen molar-refractivity contribution in [3.63, 3.8) is 0 Å². The summed E-state index contributed by atoms with van der Waals surface area (Å²) in [5.41, 5.74) is 2.88. The van der Waals surface area contributed by atoms with Crippen LogP contribution in [0, 0.1) is 0 Å². The Kier molecular flexibility index (Phi) is 5.78. The van der Waals surface area contributed by atoms with Crippen molar-refractivity contribution in [2.75, 3.05) is 0 Å². The normalized spacial score (nSPS) is 14.9. The highest BCUT2D eigenvalue weighted by Crippen LogP contribution is 2.30. The second-order valence-corrected chi connectivity index (χ2v) is 4.92. The molecule has 0 fully saturated rings. The third-order valence-corrected chi connectivity index (χ3v) is 3.82. The van der Waals surface area contributed by atoms with Gasteiger partial charge < -0.3 is 4.43 Å². The van der Waals surface area contributed by atoms with Crippen LogP contribution in [-0.2, 0) is 4.43 Å². The third-order valence-electron chi connectivity index (χ3n) is 3.25. The summed E-state index contributed by atoms with van der Waals surface area (Å²) in [5.74, 6) is 0.645. The van der Waals surface area contributed by atoms with E-state index in [0.29, 0.717) is 12.0 Å². The lowest BCUT2D eigenvalue weighted by Gasteiger charge is -2.21. The highest BCUT2D eigenvalue weighted by molar-refractivity contribution is 5.98. The van der Waals surface area contributed by atoms with Crippen molar-refractivity contribution in [1.82, 2.24) is 0 Å². The zero-order valence-corrected chi connectivity index (χ0v) is 13.0. The van der Waals surface area contributed by atoms with Gasteiger partial charge in [0.15, 0.2) is 0 Å². The van der Waals surface area contributed by atoms with Gasteiger partial charge in [0.1, 0.15) is 10.5 Å². The molecule has 1 aromatic carbocycles. The lowest BCUT2D eigenvalue weighted by molar-refractivity contribution is 0.220. The van der Waals surface area contributed by atoms with Crippen LogP contribution in [0.3, 0.4) is 0 Å². The Bertz CT molecular complexity index is 307. The fourth-order valence-electron chi connectivity index (χ4n) is 2.35. The highest BCUT2D eigenvalue weighted by atomic mass is 28.2. The maximum Gasteiger partial charge on any atom is 0.146 e. The van der Waals surface area contributed by atoms with E-state index >= 15 is 0 Å². The Morgan fingerprint density at radius 1 is 1.19 bits per heavy atom. The van der Waals surface area contributed by atoms with Crippen LogP contribution in [0.5, 0.6) is 0 Å². The summed E-state index contributed by atoms with van der Waals surface area (Å²) in [4.78, 5) is 0. The predicted octanol–water partition coefficient (Wildman–Crippen LogP) is 3.34. The van der Waals surface area contributed by atoms with Crippen LogP contribution in [0.25, 0.3) is 0 Å². The molecule has 1 aromatic rings. The second-order valence-electron chi connectivity index (χ2n) is 4.45. The van der Waals surface area contributed by atoms with Crippen molar-refractivity contribution >= 4 is 10.5 Å². The minimum atomic E-state index is 0.308. The number of hydrogen-bond acceptors (Lipinski definition) is 1. The fourth-order valence-corrected chi connectivity index (χ4v) is 2.94. The van der Waals surface area contributed by atoms with Gasteiger partial charge in [0.2, 0.25) is 0 Å². The molecule has 0 bridgehead atoms. The molecule has 0 amide bonds. The molecule has 0 aromatic heterocycles. The van der Waals surface area contributed by atoms with E-state index in [0.717, 1.165) is 16.9 Å². The summed E-state index contributed by atoms with van der Waals surface area (Å²) >= 11 is 0. The van der Waals surface area contributed by atoms with Crippen LogP contribution in [-0.4, -0.2) is 10.5 Å². The number of hydrogen-bond donors (Lipinski definition) is 0. The first-order chi connectivity index (χ1) is 7.74. The molecule has 0 heterocycles. The molecular weight excluding hydrogens is 212 g/mol. The van der Waals surface area contributed by atoms with Crippen LogP contribution in [0.1, 0.15) is 63.2 Å². The Morgan fingerprint density at radius 3 is 2.31 bits per heavy atom. The molecule has 1 rings (SSSR count). The van der Waals surface area contributed by atoms with Crippen molar-refractivity contribution < 1.29 is 4.43 Å². The van der Waals surface area contributed by atoms with Crippen LogP contribution in [0.15, 0.2) is 24.3 Å². The van der Waals surface area contributed by atoms with Gasteiger partial charge >= 0.3 is 0 Å². The van der Waals surface area contributed by atoms with E-state index in [9.17, 15) is 0 Å². The van der Waals surface area contributed by atoms with Gasteiger partial charge in [0.05, 0.1) is 6.10 Å². The quantitative estimate of drug-likeness (QED) is 0.688. The average molecular weight is 236 g/mol. The molecule has 0 saturated carbocycles. The molecular formula is C14H24OSi. The first kappa shape index (κ1) is 13.5. The summed E-state index contributed by atoms with van der Waals surface area (Å²) in [7, 11) is 0.813. The molecule has 2 unspecified atom stereocenters. The van der Waals surface area contributed by atoms with Gasteiger partial charge in [-0.2, -0.15) is 0 Å². The molecule has 0 saturated heterocycles. The van der Waals surface area contributed by atoms with Gasteiger partial charge in [0, 0.05) is 0 Å². The molecule has 0 radical (unpaired) electrons. The van der Waals surface area contributed by atoms with Crippen LogP contribution < -0.4 is 0 Å². The van der Waals surface area contributed by atoms with Crippen molar-refractivity contribution in [2.45, 2.75) is 52.1 Å².